The lowest BCUT2D eigenvalue weighted by Gasteiger charge is -2.24. The minimum absolute atomic E-state index is 0.0291. The number of rotatable bonds is 7. The lowest BCUT2D eigenvalue weighted by atomic mass is 10.2. The van der Waals surface area contributed by atoms with Crippen LogP contribution < -0.4 is 9.04 Å². The molecular formula is C16H16N2O7S. The molecule has 0 radical (unpaired) electrons. The second kappa shape index (κ2) is 7.40. The Bertz CT molecular complexity index is 957. The number of aliphatic carboxylic acids is 1. The van der Waals surface area contributed by atoms with Crippen LogP contribution in [-0.4, -0.2) is 38.1 Å². The van der Waals surface area contributed by atoms with E-state index in [0.717, 1.165) is 12.1 Å². The van der Waals surface area contributed by atoms with Gasteiger partial charge in [0.15, 0.2) is 0 Å². The van der Waals surface area contributed by atoms with E-state index in [2.05, 4.69) is 0 Å². The maximum Gasteiger partial charge on any atom is 0.324 e. The summed E-state index contributed by atoms with van der Waals surface area (Å²) >= 11 is 0. The summed E-state index contributed by atoms with van der Waals surface area (Å²) in [5, 5.41) is 20.1. The maximum atomic E-state index is 13.0. The standard InChI is InChI=1S/C16H16N2O7S/c1-11-6-7-15(25-2)14(8-11)17(10-16(19)20)26(23,24)13-5-3-4-12(9-13)18(21)22/h3-9H,10H2,1-2H3,(H,19,20). The van der Waals surface area contributed by atoms with E-state index in [0.29, 0.717) is 9.87 Å². The topological polar surface area (TPSA) is 127 Å². The number of aryl methyl sites for hydroxylation is 1. The number of carboxylic acid groups (broad SMARTS) is 1. The van der Waals surface area contributed by atoms with Gasteiger partial charge >= 0.3 is 5.97 Å². The highest BCUT2D eigenvalue weighted by Gasteiger charge is 2.30. The largest absolute Gasteiger partial charge is 0.495 e. The SMILES string of the molecule is COc1ccc(C)cc1N(CC(=O)O)S(=O)(=O)c1cccc([N+](=O)[O-])c1. The molecule has 0 aromatic heterocycles. The van der Waals surface area contributed by atoms with Gasteiger partial charge in [-0.1, -0.05) is 12.1 Å². The van der Waals surface area contributed by atoms with Gasteiger partial charge in [0.1, 0.15) is 12.3 Å². The van der Waals surface area contributed by atoms with Crippen LogP contribution in [0.15, 0.2) is 47.4 Å². The molecular weight excluding hydrogens is 364 g/mol. The van der Waals surface area contributed by atoms with Gasteiger partial charge in [-0.3, -0.25) is 19.2 Å². The molecule has 138 valence electrons. The van der Waals surface area contributed by atoms with Crippen LogP contribution >= 0.6 is 0 Å². The summed E-state index contributed by atoms with van der Waals surface area (Å²) in [5.41, 5.74) is 0.296. The van der Waals surface area contributed by atoms with Crippen molar-refractivity contribution in [2.24, 2.45) is 0 Å². The first kappa shape index (κ1) is 19.2. The van der Waals surface area contributed by atoms with Crippen LogP contribution in [-0.2, 0) is 14.8 Å². The average Bonchev–Trinajstić information content (AvgIpc) is 2.59. The van der Waals surface area contributed by atoms with Crippen LogP contribution in [0.2, 0.25) is 0 Å². The predicted molar refractivity (Wildman–Crippen MR) is 93.0 cm³/mol. The maximum absolute atomic E-state index is 13.0. The van der Waals surface area contributed by atoms with Gasteiger partial charge in [0.25, 0.3) is 15.7 Å². The molecule has 0 aliphatic rings. The Balaban J connectivity index is 2.67. The molecule has 1 N–H and O–H groups in total. The summed E-state index contributed by atoms with van der Waals surface area (Å²) < 4.78 is 31.8. The number of sulfonamides is 1. The molecule has 0 fully saturated rings. The van der Waals surface area contributed by atoms with E-state index < -0.39 is 38.0 Å². The van der Waals surface area contributed by atoms with E-state index in [4.69, 9.17) is 4.74 Å². The second-order valence-electron chi connectivity index (χ2n) is 5.34. The van der Waals surface area contributed by atoms with Crippen LogP contribution in [0.1, 0.15) is 5.56 Å². The van der Waals surface area contributed by atoms with E-state index in [-0.39, 0.29) is 11.4 Å². The monoisotopic (exact) mass is 380 g/mol. The fourth-order valence-electron chi connectivity index (χ4n) is 2.30. The summed E-state index contributed by atoms with van der Waals surface area (Å²) in [6, 6.07) is 9.08. The smallest absolute Gasteiger partial charge is 0.324 e. The van der Waals surface area contributed by atoms with Gasteiger partial charge in [0, 0.05) is 12.1 Å². The third kappa shape index (κ3) is 3.91. The normalized spacial score (nSPS) is 11.0. The average molecular weight is 380 g/mol. The molecule has 0 saturated heterocycles. The summed E-state index contributed by atoms with van der Waals surface area (Å²) in [6.45, 7) is 0.840. The summed E-state index contributed by atoms with van der Waals surface area (Å²) in [5.74, 6) is -1.23. The number of benzene rings is 2. The lowest BCUT2D eigenvalue weighted by Crippen LogP contribution is -2.36. The Labute approximate surface area is 149 Å². The molecule has 0 amide bonds. The highest BCUT2D eigenvalue weighted by Crippen LogP contribution is 2.33. The molecule has 2 rings (SSSR count). The van der Waals surface area contributed by atoms with Crippen molar-refractivity contribution in [2.45, 2.75) is 11.8 Å². The van der Waals surface area contributed by atoms with Gasteiger partial charge in [-0.15, -0.1) is 0 Å². The zero-order valence-corrected chi connectivity index (χ0v) is 14.8. The van der Waals surface area contributed by atoms with Gasteiger partial charge < -0.3 is 9.84 Å². The third-order valence-corrected chi connectivity index (χ3v) is 5.25. The number of anilines is 1. The van der Waals surface area contributed by atoms with Crippen molar-refractivity contribution >= 4 is 27.4 Å². The van der Waals surface area contributed by atoms with Gasteiger partial charge in [0.05, 0.1) is 22.6 Å². The first-order valence-electron chi connectivity index (χ1n) is 7.30. The van der Waals surface area contributed by atoms with Gasteiger partial charge in [-0.05, 0) is 30.7 Å². The number of nitro benzene ring substituents is 1. The number of carboxylic acids is 1. The van der Waals surface area contributed by atoms with E-state index in [9.17, 15) is 28.4 Å². The first-order chi connectivity index (χ1) is 12.2. The third-order valence-electron chi connectivity index (χ3n) is 3.50. The number of nitrogens with zero attached hydrogens (tertiary/aromatic N) is 2. The van der Waals surface area contributed by atoms with Crippen molar-refractivity contribution in [1.29, 1.82) is 0 Å². The summed E-state index contributed by atoms with van der Waals surface area (Å²) in [6.07, 6.45) is 0. The first-order valence-corrected chi connectivity index (χ1v) is 8.74. The van der Waals surface area contributed by atoms with E-state index in [1.807, 2.05) is 0 Å². The molecule has 0 unspecified atom stereocenters. The van der Waals surface area contributed by atoms with Crippen LogP contribution in [0.4, 0.5) is 11.4 Å². The molecule has 0 bridgehead atoms. The number of hydrogen-bond acceptors (Lipinski definition) is 6. The molecule has 0 atom stereocenters. The number of hydrogen-bond donors (Lipinski definition) is 1. The van der Waals surface area contributed by atoms with E-state index >= 15 is 0 Å². The van der Waals surface area contributed by atoms with Crippen molar-refractivity contribution in [1.82, 2.24) is 0 Å². The van der Waals surface area contributed by atoms with Crippen molar-refractivity contribution in [2.75, 3.05) is 18.0 Å². The fraction of sp³-hybridized carbons (Fsp3) is 0.188. The summed E-state index contributed by atoms with van der Waals surface area (Å²) in [7, 11) is -3.06. The number of non-ortho nitro benzene ring substituents is 1. The highest BCUT2D eigenvalue weighted by molar-refractivity contribution is 7.92. The molecule has 10 heteroatoms. The Hall–Kier alpha value is -3.14. The van der Waals surface area contributed by atoms with Crippen LogP contribution in [0, 0.1) is 17.0 Å². The zero-order valence-electron chi connectivity index (χ0n) is 13.9. The molecule has 0 saturated carbocycles. The zero-order chi connectivity index (χ0) is 19.5. The molecule has 9 nitrogen and oxygen atoms in total. The van der Waals surface area contributed by atoms with Crippen LogP contribution in [0.5, 0.6) is 5.75 Å². The Morgan fingerprint density at radius 2 is 1.96 bits per heavy atom. The minimum atomic E-state index is -4.39. The van der Waals surface area contributed by atoms with Crippen molar-refractivity contribution < 1.29 is 28.0 Å². The Kier molecular flexibility index (Phi) is 5.46. The lowest BCUT2D eigenvalue weighted by molar-refractivity contribution is -0.385. The summed E-state index contributed by atoms with van der Waals surface area (Å²) in [4.78, 5) is 21.1. The van der Waals surface area contributed by atoms with Crippen molar-refractivity contribution in [3.05, 3.63) is 58.1 Å². The Morgan fingerprint density at radius 3 is 2.54 bits per heavy atom. The quantitative estimate of drug-likeness (QED) is 0.576. The molecule has 2 aromatic carbocycles. The van der Waals surface area contributed by atoms with Crippen LogP contribution in [0.3, 0.4) is 0 Å². The molecule has 2 aromatic rings. The van der Waals surface area contributed by atoms with Gasteiger partial charge in [-0.25, -0.2) is 8.42 Å². The molecule has 0 spiro atoms. The minimum Gasteiger partial charge on any atom is -0.495 e. The van der Waals surface area contributed by atoms with Crippen molar-refractivity contribution in [3.63, 3.8) is 0 Å². The molecule has 0 heterocycles. The number of carbonyl (C=O) groups is 1. The van der Waals surface area contributed by atoms with E-state index in [1.165, 1.54) is 31.4 Å². The van der Waals surface area contributed by atoms with Crippen molar-refractivity contribution in [3.8, 4) is 5.75 Å². The van der Waals surface area contributed by atoms with E-state index in [1.54, 1.807) is 13.0 Å². The number of ether oxygens (including phenoxy) is 1. The van der Waals surface area contributed by atoms with Crippen LogP contribution in [0.25, 0.3) is 0 Å². The Morgan fingerprint density at radius 1 is 1.27 bits per heavy atom. The number of methoxy groups -OCH3 is 1. The predicted octanol–water partition coefficient (Wildman–Crippen LogP) is 2.19. The van der Waals surface area contributed by atoms with Gasteiger partial charge in [-0.2, -0.15) is 0 Å². The molecule has 0 aliphatic heterocycles. The van der Waals surface area contributed by atoms with Gasteiger partial charge in [0.2, 0.25) is 0 Å². The molecule has 0 aliphatic carbocycles. The molecule has 26 heavy (non-hydrogen) atoms. The second-order valence-corrected chi connectivity index (χ2v) is 7.20. The number of nitro groups is 1. The fourth-order valence-corrected chi connectivity index (χ4v) is 3.76. The highest BCUT2D eigenvalue weighted by atomic mass is 32.2.